The van der Waals surface area contributed by atoms with Gasteiger partial charge >= 0.3 is 0 Å². The molecule has 6 heteroatoms. The number of hydrogen-bond acceptors (Lipinski definition) is 3. The van der Waals surface area contributed by atoms with E-state index in [1.807, 2.05) is 24.3 Å². The molecule has 0 saturated carbocycles. The summed E-state index contributed by atoms with van der Waals surface area (Å²) in [4.78, 5) is 28.1. The van der Waals surface area contributed by atoms with Crippen molar-refractivity contribution in [3.63, 3.8) is 0 Å². The minimum Gasteiger partial charge on any atom is -0.267 e. The zero-order valence-electron chi connectivity index (χ0n) is 13.1. The maximum atomic E-state index is 12.1. The maximum absolute atomic E-state index is 12.1. The van der Waals surface area contributed by atoms with Crippen molar-refractivity contribution < 1.29 is 9.59 Å². The second-order valence-electron chi connectivity index (χ2n) is 5.23. The van der Waals surface area contributed by atoms with Gasteiger partial charge in [-0.1, -0.05) is 28.1 Å². The van der Waals surface area contributed by atoms with Crippen molar-refractivity contribution in [1.82, 2.24) is 15.8 Å². The molecule has 2 aromatic carbocycles. The van der Waals surface area contributed by atoms with Gasteiger partial charge in [-0.05, 0) is 59.7 Å². The lowest BCUT2D eigenvalue weighted by atomic mass is 10.1. The molecule has 0 atom stereocenters. The van der Waals surface area contributed by atoms with Crippen LogP contribution < -0.4 is 10.9 Å². The van der Waals surface area contributed by atoms with E-state index >= 15 is 0 Å². The summed E-state index contributed by atoms with van der Waals surface area (Å²) in [5.74, 6) is -0.763. The highest BCUT2D eigenvalue weighted by atomic mass is 79.9. The van der Waals surface area contributed by atoms with E-state index in [1.165, 1.54) is 0 Å². The highest BCUT2D eigenvalue weighted by molar-refractivity contribution is 9.10. The summed E-state index contributed by atoms with van der Waals surface area (Å²) in [5.41, 5.74) is 7.72. The second kappa shape index (κ2) is 7.72. The molecule has 1 aromatic heterocycles. The van der Waals surface area contributed by atoms with Crippen LogP contribution in [0.1, 0.15) is 20.7 Å². The van der Waals surface area contributed by atoms with Gasteiger partial charge in [-0.25, -0.2) is 0 Å². The molecule has 2 N–H and O–H groups in total. The third-order valence-corrected chi connectivity index (χ3v) is 4.09. The van der Waals surface area contributed by atoms with Gasteiger partial charge in [0.05, 0.1) is 0 Å². The predicted octanol–water partition coefficient (Wildman–Crippen LogP) is 3.59. The molecule has 0 saturated heterocycles. The number of aromatic nitrogens is 1. The molecule has 0 aliphatic rings. The first-order valence-electron chi connectivity index (χ1n) is 7.50. The molecular formula is C19H14BrN3O2. The number of carbonyl (C=O) groups is 2. The summed E-state index contributed by atoms with van der Waals surface area (Å²) < 4.78 is 0.877. The molecule has 0 radical (unpaired) electrons. The number of hydrazine groups is 1. The van der Waals surface area contributed by atoms with Crippen LogP contribution in [0.25, 0.3) is 11.1 Å². The number of amides is 2. The van der Waals surface area contributed by atoms with Gasteiger partial charge in [-0.15, -0.1) is 0 Å². The van der Waals surface area contributed by atoms with Gasteiger partial charge < -0.3 is 0 Å². The third-order valence-electron chi connectivity index (χ3n) is 3.56. The Balaban J connectivity index is 1.61. The first-order valence-corrected chi connectivity index (χ1v) is 8.29. The number of nitrogens with zero attached hydrogens (tertiary/aromatic N) is 1. The van der Waals surface area contributed by atoms with Crippen LogP contribution in [0.2, 0.25) is 0 Å². The summed E-state index contributed by atoms with van der Waals surface area (Å²) in [6.07, 6.45) is 3.43. The number of halogens is 1. The summed E-state index contributed by atoms with van der Waals surface area (Å²) >= 11 is 3.31. The Hall–Kier alpha value is -2.99. The molecule has 0 aliphatic carbocycles. The standard InChI is InChI=1S/C19H14BrN3O2/c20-17-7-5-16(6-8-17)19(25)23-22-18(24)15-3-1-13(2-4-15)14-9-11-21-12-10-14/h1-12H,(H,22,24)(H,23,25). The topological polar surface area (TPSA) is 71.1 Å². The van der Waals surface area contributed by atoms with Crippen LogP contribution in [0.15, 0.2) is 77.5 Å². The zero-order chi connectivity index (χ0) is 17.6. The molecule has 25 heavy (non-hydrogen) atoms. The first kappa shape index (κ1) is 16.9. The maximum Gasteiger partial charge on any atom is 0.269 e. The van der Waals surface area contributed by atoms with E-state index in [4.69, 9.17) is 0 Å². The van der Waals surface area contributed by atoms with Crippen LogP contribution in [0.3, 0.4) is 0 Å². The molecule has 124 valence electrons. The smallest absolute Gasteiger partial charge is 0.267 e. The molecule has 0 unspecified atom stereocenters. The third kappa shape index (κ3) is 4.30. The molecule has 5 nitrogen and oxygen atoms in total. The van der Waals surface area contributed by atoms with Crippen LogP contribution in [0.4, 0.5) is 0 Å². The van der Waals surface area contributed by atoms with Gasteiger partial charge in [-0.3, -0.25) is 25.4 Å². The molecule has 3 rings (SSSR count). The lowest BCUT2D eigenvalue weighted by Gasteiger charge is -2.08. The summed E-state index contributed by atoms with van der Waals surface area (Å²) in [7, 11) is 0. The van der Waals surface area contributed by atoms with Crippen molar-refractivity contribution in [2.75, 3.05) is 0 Å². The van der Waals surface area contributed by atoms with Crippen LogP contribution in [-0.4, -0.2) is 16.8 Å². The van der Waals surface area contributed by atoms with Gasteiger partial charge in [0.25, 0.3) is 11.8 Å². The molecule has 2 amide bonds. The molecule has 0 fully saturated rings. The number of carbonyl (C=O) groups excluding carboxylic acids is 2. The van der Waals surface area contributed by atoms with Crippen molar-refractivity contribution in [2.24, 2.45) is 0 Å². The van der Waals surface area contributed by atoms with Crippen molar-refractivity contribution >= 4 is 27.7 Å². The fourth-order valence-electron chi connectivity index (χ4n) is 2.22. The average Bonchev–Trinajstić information content (AvgIpc) is 2.67. The van der Waals surface area contributed by atoms with Crippen LogP contribution in [0.5, 0.6) is 0 Å². The van der Waals surface area contributed by atoms with Gasteiger partial charge in [0.2, 0.25) is 0 Å². The molecule has 3 aromatic rings. The Morgan fingerprint density at radius 3 is 1.64 bits per heavy atom. The van der Waals surface area contributed by atoms with E-state index in [0.717, 1.165) is 15.6 Å². The highest BCUT2D eigenvalue weighted by Gasteiger charge is 2.09. The van der Waals surface area contributed by atoms with E-state index in [1.54, 1.807) is 48.8 Å². The van der Waals surface area contributed by atoms with Crippen LogP contribution in [0, 0.1) is 0 Å². The predicted molar refractivity (Wildman–Crippen MR) is 98.7 cm³/mol. The normalized spacial score (nSPS) is 10.1. The van der Waals surface area contributed by atoms with E-state index in [-0.39, 0.29) is 11.8 Å². The molecule has 0 spiro atoms. The second-order valence-corrected chi connectivity index (χ2v) is 6.14. The Morgan fingerprint density at radius 1 is 0.680 bits per heavy atom. The van der Waals surface area contributed by atoms with E-state index < -0.39 is 0 Å². The van der Waals surface area contributed by atoms with Crippen molar-refractivity contribution in [3.8, 4) is 11.1 Å². The van der Waals surface area contributed by atoms with E-state index in [9.17, 15) is 9.59 Å². The lowest BCUT2D eigenvalue weighted by Crippen LogP contribution is -2.41. The molecular weight excluding hydrogens is 382 g/mol. The van der Waals surface area contributed by atoms with E-state index in [0.29, 0.717) is 11.1 Å². The van der Waals surface area contributed by atoms with Crippen LogP contribution >= 0.6 is 15.9 Å². The number of hydrogen-bond donors (Lipinski definition) is 2. The van der Waals surface area contributed by atoms with Crippen molar-refractivity contribution in [1.29, 1.82) is 0 Å². The van der Waals surface area contributed by atoms with Gasteiger partial charge in [-0.2, -0.15) is 0 Å². The van der Waals surface area contributed by atoms with Crippen molar-refractivity contribution in [2.45, 2.75) is 0 Å². The van der Waals surface area contributed by atoms with Gasteiger partial charge in [0.15, 0.2) is 0 Å². The number of nitrogens with one attached hydrogen (secondary N) is 2. The SMILES string of the molecule is O=C(NNC(=O)c1ccc(-c2ccncc2)cc1)c1ccc(Br)cc1. The van der Waals surface area contributed by atoms with Crippen molar-refractivity contribution in [3.05, 3.63) is 88.7 Å². The molecule has 1 heterocycles. The highest BCUT2D eigenvalue weighted by Crippen LogP contribution is 2.18. The number of pyridine rings is 1. The molecule has 0 bridgehead atoms. The first-order chi connectivity index (χ1) is 12.1. The Labute approximate surface area is 153 Å². The Kier molecular flexibility index (Phi) is 5.20. The van der Waals surface area contributed by atoms with Gasteiger partial charge in [0.1, 0.15) is 0 Å². The van der Waals surface area contributed by atoms with Gasteiger partial charge in [0, 0.05) is 28.0 Å². The average molecular weight is 396 g/mol. The minimum absolute atomic E-state index is 0.380. The quantitative estimate of drug-likeness (QED) is 0.665. The van der Waals surface area contributed by atoms with E-state index in [2.05, 4.69) is 31.8 Å². The lowest BCUT2D eigenvalue weighted by molar-refractivity contribution is 0.0846. The minimum atomic E-state index is -0.383. The monoisotopic (exact) mass is 395 g/mol. The van der Waals surface area contributed by atoms with Crippen LogP contribution in [-0.2, 0) is 0 Å². The Bertz CT molecular complexity index is 879. The summed E-state index contributed by atoms with van der Waals surface area (Å²) in [6, 6.07) is 17.7. The largest absolute Gasteiger partial charge is 0.269 e. The number of rotatable bonds is 3. The summed E-state index contributed by atoms with van der Waals surface area (Å²) in [6.45, 7) is 0. The number of benzene rings is 2. The molecule has 0 aliphatic heterocycles. The Morgan fingerprint density at radius 2 is 1.12 bits per heavy atom. The fraction of sp³-hybridized carbons (Fsp3) is 0. The zero-order valence-corrected chi connectivity index (χ0v) is 14.7. The fourth-order valence-corrected chi connectivity index (χ4v) is 2.48. The summed E-state index contributed by atoms with van der Waals surface area (Å²) in [5, 5.41) is 0.